The molecule has 5 nitrogen and oxygen atoms in total. The average Bonchev–Trinajstić information content (AvgIpc) is 2.40. The van der Waals surface area contributed by atoms with Gasteiger partial charge in [-0.2, -0.15) is 0 Å². The molecule has 0 saturated heterocycles. The zero-order valence-electron chi connectivity index (χ0n) is 10.9. The van der Waals surface area contributed by atoms with Gasteiger partial charge in [-0.3, -0.25) is 9.59 Å². The molecule has 5 heteroatoms. The Hall–Kier alpha value is -2.82. The van der Waals surface area contributed by atoms with Crippen LogP contribution in [0.3, 0.4) is 0 Å². The Morgan fingerprint density at radius 2 is 1.55 bits per heavy atom. The first kappa shape index (κ1) is 13.6. The van der Waals surface area contributed by atoms with E-state index in [-0.39, 0.29) is 17.6 Å². The first-order valence-electron chi connectivity index (χ1n) is 6.02. The molecule has 2 aromatic carbocycles. The highest BCUT2D eigenvalue weighted by Crippen LogP contribution is 2.16. The fourth-order valence-electron chi connectivity index (χ4n) is 1.69. The Balaban J connectivity index is 2.06. The molecule has 2 rings (SSSR count). The summed E-state index contributed by atoms with van der Waals surface area (Å²) in [4.78, 5) is 22.8. The number of nitrogens with one attached hydrogen (secondary N) is 2. The van der Waals surface area contributed by atoms with Crippen molar-refractivity contribution in [1.29, 1.82) is 0 Å². The molecule has 3 N–H and O–H groups in total. The molecule has 0 aliphatic rings. The molecule has 20 heavy (non-hydrogen) atoms. The van der Waals surface area contributed by atoms with E-state index < -0.39 is 0 Å². The number of phenolic OH excluding ortho intramolecular Hbond substituents is 1. The fraction of sp³-hybridized carbons (Fsp3) is 0.0667. The molecule has 0 unspecified atom stereocenters. The summed E-state index contributed by atoms with van der Waals surface area (Å²) in [6.07, 6.45) is 0. The normalized spacial score (nSPS) is 9.85. The van der Waals surface area contributed by atoms with Crippen molar-refractivity contribution in [3.8, 4) is 5.75 Å². The summed E-state index contributed by atoms with van der Waals surface area (Å²) in [5, 5.41) is 14.7. The van der Waals surface area contributed by atoms with Gasteiger partial charge in [0.25, 0.3) is 5.91 Å². The number of benzene rings is 2. The van der Waals surface area contributed by atoms with E-state index in [1.54, 1.807) is 36.4 Å². The average molecular weight is 270 g/mol. The van der Waals surface area contributed by atoms with Gasteiger partial charge in [0.1, 0.15) is 5.75 Å². The second-order valence-corrected chi connectivity index (χ2v) is 4.26. The van der Waals surface area contributed by atoms with Crippen molar-refractivity contribution in [1.82, 2.24) is 0 Å². The van der Waals surface area contributed by atoms with Gasteiger partial charge in [-0.25, -0.2) is 0 Å². The molecule has 102 valence electrons. The third kappa shape index (κ3) is 3.58. The van der Waals surface area contributed by atoms with Crippen LogP contribution in [0.15, 0.2) is 48.5 Å². The maximum absolute atomic E-state index is 11.9. The van der Waals surface area contributed by atoms with Gasteiger partial charge in [0, 0.05) is 23.9 Å². The second-order valence-electron chi connectivity index (χ2n) is 4.26. The predicted molar refractivity (Wildman–Crippen MR) is 76.8 cm³/mol. The first-order chi connectivity index (χ1) is 9.54. The zero-order chi connectivity index (χ0) is 14.5. The lowest BCUT2D eigenvalue weighted by Gasteiger charge is -2.07. The number of carbonyl (C=O) groups excluding carboxylic acids is 2. The van der Waals surface area contributed by atoms with Gasteiger partial charge in [0.05, 0.1) is 0 Å². The van der Waals surface area contributed by atoms with Crippen LogP contribution >= 0.6 is 0 Å². The summed E-state index contributed by atoms with van der Waals surface area (Å²) in [5.41, 5.74) is 1.64. The van der Waals surface area contributed by atoms with Crippen LogP contribution in [-0.4, -0.2) is 16.9 Å². The van der Waals surface area contributed by atoms with E-state index in [9.17, 15) is 14.7 Å². The molecule has 0 heterocycles. The topological polar surface area (TPSA) is 78.4 Å². The van der Waals surface area contributed by atoms with Gasteiger partial charge in [-0.15, -0.1) is 0 Å². The summed E-state index contributed by atoms with van der Waals surface area (Å²) in [6.45, 7) is 1.43. The summed E-state index contributed by atoms with van der Waals surface area (Å²) in [6, 6.07) is 12.9. The molecule has 0 radical (unpaired) electrons. The first-order valence-corrected chi connectivity index (χ1v) is 6.02. The molecule has 0 aliphatic carbocycles. The van der Waals surface area contributed by atoms with Crippen LogP contribution in [0.4, 0.5) is 11.4 Å². The monoisotopic (exact) mass is 270 g/mol. The number of rotatable bonds is 3. The van der Waals surface area contributed by atoms with Gasteiger partial charge >= 0.3 is 0 Å². The van der Waals surface area contributed by atoms with Crippen molar-refractivity contribution in [2.45, 2.75) is 6.92 Å². The summed E-state index contributed by atoms with van der Waals surface area (Å²) >= 11 is 0. The minimum Gasteiger partial charge on any atom is -0.508 e. The Morgan fingerprint density at radius 3 is 2.10 bits per heavy atom. The van der Waals surface area contributed by atoms with E-state index in [4.69, 9.17) is 0 Å². The van der Waals surface area contributed by atoms with Crippen molar-refractivity contribution >= 4 is 23.2 Å². The molecule has 0 atom stereocenters. The van der Waals surface area contributed by atoms with Crippen molar-refractivity contribution in [2.75, 3.05) is 10.6 Å². The smallest absolute Gasteiger partial charge is 0.255 e. The van der Waals surface area contributed by atoms with E-state index in [0.29, 0.717) is 16.9 Å². The molecule has 0 saturated carbocycles. The minimum atomic E-state index is -0.312. The van der Waals surface area contributed by atoms with Gasteiger partial charge < -0.3 is 15.7 Å². The molecular weight excluding hydrogens is 256 g/mol. The number of anilines is 2. The molecule has 0 spiro atoms. The molecular formula is C15H14N2O3. The predicted octanol–water partition coefficient (Wildman–Crippen LogP) is 2.60. The van der Waals surface area contributed by atoms with Crippen molar-refractivity contribution < 1.29 is 14.7 Å². The Kier molecular flexibility index (Phi) is 4.00. The molecule has 2 amide bonds. The van der Waals surface area contributed by atoms with E-state index in [2.05, 4.69) is 10.6 Å². The molecule has 0 aromatic heterocycles. The van der Waals surface area contributed by atoms with E-state index in [0.717, 1.165) is 0 Å². The second kappa shape index (κ2) is 5.88. The van der Waals surface area contributed by atoms with Crippen molar-refractivity contribution in [3.05, 3.63) is 54.1 Å². The van der Waals surface area contributed by atoms with Crippen LogP contribution in [0.25, 0.3) is 0 Å². The number of hydrogen-bond donors (Lipinski definition) is 3. The van der Waals surface area contributed by atoms with Crippen LogP contribution in [0.2, 0.25) is 0 Å². The zero-order valence-corrected chi connectivity index (χ0v) is 10.9. The number of phenols is 1. The van der Waals surface area contributed by atoms with Gasteiger partial charge in [-0.1, -0.05) is 6.07 Å². The Labute approximate surface area is 116 Å². The third-order valence-electron chi connectivity index (χ3n) is 2.57. The number of carbonyl (C=O) groups is 2. The van der Waals surface area contributed by atoms with Crippen LogP contribution in [0.5, 0.6) is 5.75 Å². The molecule has 2 aromatic rings. The molecule has 0 bridgehead atoms. The maximum atomic E-state index is 11.9. The van der Waals surface area contributed by atoms with E-state index in [1.165, 1.54) is 19.1 Å². The highest BCUT2D eigenvalue weighted by atomic mass is 16.3. The van der Waals surface area contributed by atoms with Gasteiger partial charge in [0.2, 0.25) is 5.91 Å². The van der Waals surface area contributed by atoms with Crippen LogP contribution in [0.1, 0.15) is 17.3 Å². The van der Waals surface area contributed by atoms with Gasteiger partial charge in [-0.05, 0) is 42.5 Å². The molecule has 0 aliphatic heterocycles. The standard InChI is InChI=1S/C15H14N2O3/c1-10(18)16-12-5-7-13(8-6-12)17-15(20)11-3-2-4-14(19)9-11/h2-9,19H,1H3,(H,16,18)(H,17,20). The van der Waals surface area contributed by atoms with Crippen LogP contribution in [-0.2, 0) is 4.79 Å². The Morgan fingerprint density at radius 1 is 0.950 bits per heavy atom. The largest absolute Gasteiger partial charge is 0.508 e. The minimum absolute atomic E-state index is 0.0404. The van der Waals surface area contributed by atoms with Crippen LogP contribution < -0.4 is 10.6 Å². The van der Waals surface area contributed by atoms with Gasteiger partial charge in [0.15, 0.2) is 0 Å². The van der Waals surface area contributed by atoms with Crippen molar-refractivity contribution in [2.24, 2.45) is 0 Å². The SMILES string of the molecule is CC(=O)Nc1ccc(NC(=O)c2cccc(O)c2)cc1. The van der Waals surface area contributed by atoms with Crippen molar-refractivity contribution in [3.63, 3.8) is 0 Å². The highest BCUT2D eigenvalue weighted by Gasteiger charge is 2.06. The lowest BCUT2D eigenvalue weighted by Crippen LogP contribution is -2.12. The lowest BCUT2D eigenvalue weighted by molar-refractivity contribution is -0.114. The highest BCUT2D eigenvalue weighted by molar-refractivity contribution is 6.04. The number of hydrogen-bond acceptors (Lipinski definition) is 3. The fourth-order valence-corrected chi connectivity index (χ4v) is 1.69. The summed E-state index contributed by atoms with van der Waals surface area (Å²) in [5.74, 6) is -0.423. The number of amides is 2. The Bertz CT molecular complexity index is 636. The van der Waals surface area contributed by atoms with E-state index >= 15 is 0 Å². The summed E-state index contributed by atoms with van der Waals surface area (Å²) < 4.78 is 0. The number of aromatic hydroxyl groups is 1. The van der Waals surface area contributed by atoms with E-state index in [1.807, 2.05) is 0 Å². The van der Waals surface area contributed by atoms with Crippen LogP contribution in [0, 0.1) is 0 Å². The maximum Gasteiger partial charge on any atom is 0.255 e. The lowest BCUT2D eigenvalue weighted by atomic mass is 10.2. The third-order valence-corrected chi connectivity index (χ3v) is 2.57. The summed E-state index contributed by atoms with van der Waals surface area (Å²) in [7, 11) is 0. The molecule has 0 fully saturated rings. The quantitative estimate of drug-likeness (QED) is 0.802.